The summed E-state index contributed by atoms with van der Waals surface area (Å²) in [6.45, 7) is 3.36. The Morgan fingerprint density at radius 2 is 2.00 bits per heavy atom. The lowest BCUT2D eigenvalue weighted by Gasteiger charge is -2.18. The molecule has 6 nitrogen and oxygen atoms in total. The van der Waals surface area contributed by atoms with Crippen molar-refractivity contribution in [2.45, 2.75) is 32.6 Å². The minimum atomic E-state index is 0.0291. The highest BCUT2D eigenvalue weighted by atomic mass is 79.9. The highest BCUT2D eigenvalue weighted by molar-refractivity contribution is 9.10. The molecule has 0 aliphatic rings. The molecule has 3 N–H and O–H groups in total. The Balaban J connectivity index is 1.94. The average molecular weight is 467 g/mol. The first kappa shape index (κ1) is 22.4. The second-order valence-electron chi connectivity index (χ2n) is 6.58. The Morgan fingerprint density at radius 3 is 2.71 bits per heavy atom. The van der Waals surface area contributed by atoms with Gasteiger partial charge < -0.3 is 15.7 Å². The van der Waals surface area contributed by atoms with E-state index in [1.54, 1.807) is 0 Å². The third kappa shape index (κ3) is 6.62. The molecule has 1 aromatic heterocycles. The zero-order valence-corrected chi connectivity index (χ0v) is 18.2. The molecule has 0 amide bonds. The predicted octanol–water partition coefficient (Wildman–Crippen LogP) is 4.57. The van der Waals surface area contributed by atoms with Crippen LogP contribution in [0.15, 0.2) is 29.0 Å². The first-order valence-corrected chi connectivity index (χ1v) is 10.4. The molecule has 1 atom stereocenters. The van der Waals surface area contributed by atoms with Gasteiger partial charge in [-0.3, -0.25) is 0 Å². The van der Waals surface area contributed by atoms with Crippen molar-refractivity contribution in [1.29, 1.82) is 5.26 Å². The SMILES string of the molecule is Cc1c(Br)cccc1CC(CO)CNc1ncnc(NCCCCC#N)c1Cl. The largest absolute Gasteiger partial charge is 0.396 e. The summed E-state index contributed by atoms with van der Waals surface area (Å²) in [6, 6.07) is 8.23. The van der Waals surface area contributed by atoms with Gasteiger partial charge in [0.1, 0.15) is 23.0 Å². The first-order valence-electron chi connectivity index (χ1n) is 9.26. The van der Waals surface area contributed by atoms with Crippen LogP contribution in [0.4, 0.5) is 11.6 Å². The van der Waals surface area contributed by atoms with Gasteiger partial charge in [0.05, 0.1) is 6.07 Å². The molecule has 0 saturated carbocycles. The number of anilines is 2. The van der Waals surface area contributed by atoms with Crippen LogP contribution in [0.3, 0.4) is 0 Å². The standard InChI is InChI=1S/C20H25BrClN5O/c1-14-16(6-5-7-17(14)21)10-15(12-28)11-25-20-18(22)19(26-13-27-20)24-9-4-2-3-8-23/h5-7,13,15,28H,2-4,9-12H2,1H3,(H2,24,25,26,27). The quantitative estimate of drug-likeness (QED) is 0.420. The van der Waals surface area contributed by atoms with Gasteiger partial charge in [0.2, 0.25) is 0 Å². The van der Waals surface area contributed by atoms with Crippen LogP contribution in [0.25, 0.3) is 0 Å². The fourth-order valence-electron chi connectivity index (χ4n) is 2.78. The summed E-state index contributed by atoms with van der Waals surface area (Å²) in [7, 11) is 0. The number of aromatic nitrogens is 2. The van der Waals surface area contributed by atoms with Crippen molar-refractivity contribution in [1.82, 2.24) is 9.97 Å². The summed E-state index contributed by atoms with van der Waals surface area (Å²) < 4.78 is 1.07. The number of benzene rings is 1. The molecule has 0 bridgehead atoms. The van der Waals surface area contributed by atoms with E-state index in [1.807, 2.05) is 12.1 Å². The minimum Gasteiger partial charge on any atom is -0.396 e. The van der Waals surface area contributed by atoms with Crippen LogP contribution in [-0.2, 0) is 6.42 Å². The number of halogens is 2. The van der Waals surface area contributed by atoms with Gasteiger partial charge in [0.15, 0.2) is 0 Å². The van der Waals surface area contributed by atoms with Crippen molar-refractivity contribution >= 4 is 39.2 Å². The molecule has 0 radical (unpaired) electrons. The number of hydrogen-bond acceptors (Lipinski definition) is 6. The predicted molar refractivity (Wildman–Crippen MR) is 117 cm³/mol. The Bertz CT molecular complexity index is 812. The van der Waals surface area contributed by atoms with Crippen molar-refractivity contribution in [2.24, 2.45) is 5.92 Å². The highest BCUT2D eigenvalue weighted by Gasteiger charge is 2.14. The maximum absolute atomic E-state index is 9.78. The number of aliphatic hydroxyl groups is 1. The number of nitrogens with one attached hydrogen (secondary N) is 2. The third-order valence-electron chi connectivity index (χ3n) is 4.50. The lowest BCUT2D eigenvalue weighted by atomic mass is 9.96. The maximum Gasteiger partial charge on any atom is 0.150 e. The molecule has 0 spiro atoms. The van der Waals surface area contributed by atoms with E-state index < -0.39 is 0 Å². The van der Waals surface area contributed by atoms with Crippen LogP contribution in [0.5, 0.6) is 0 Å². The molecular formula is C20H25BrClN5O. The lowest BCUT2D eigenvalue weighted by molar-refractivity contribution is 0.232. The van der Waals surface area contributed by atoms with Crippen molar-refractivity contribution in [3.05, 3.63) is 45.1 Å². The van der Waals surface area contributed by atoms with E-state index in [-0.39, 0.29) is 12.5 Å². The van der Waals surface area contributed by atoms with Crippen molar-refractivity contribution < 1.29 is 5.11 Å². The summed E-state index contributed by atoms with van der Waals surface area (Å²) >= 11 is 9.96. The fourth-order valence-corrected chi connectivity index (χ4v) is 3.42. The van der Waals surface area contributed by atoms with Gasteiger partial charge in [-0.05, 0) is 43.4 Å². The number of aliphatic hydroxyl groups excluding tert-OH is 1. The Morgan fingerprint density at radius 1 is 1.25 bits per heavy atom. The third-order valence-corrected chi connectivity index (χ3v) is 5.72. The summed E-state index contributed by atoms with van der Waals surface area (Å²) in [5.74, 6) is 1.14. The number of unbranched alkanes of at least 4 members (excludes halogenated alkanes) is 2. The van der Waals surface area contributed by atoms with Gasteiger partial charge in [-0.25, -0.2) is 9.97 Å². The van der Waals surface area contributed by atoms with E-state index in [0.717, 1.165) is 23.7 Å². The smallest absolute Gasteiger partial charge is 0.150 e. The molecule has 0 aliphatic carbocycles. The van der Waals surface area contributed by atoms with Gasteiger partial charge in [0.25, 0.3) is 0 Å². The normalized spacial score (nSPS) is 11.7. The van der Waals surface area contributed by atoms with Gasteiger partial charge in [0, 0.05) is 36.5 Å². The molecule has 28 heavy (non-hydrogen) atoms. The van der Waals surface area contributed by atoms with Crippen LogP contribution in [0, 0.1) is 24.2 Å². The molecule has 150 valence electrons. The van der Waals surface area contributed by atoms with Gasteiger partial charge in [-0.2, -0.15) is 5.26 Å². The lowest BCUT2D eigenvalue weighted by Crippen LogP contribution is -2.21. The highest BCUT2D eigenvalue weighted by Crippen LogP contribution is 2.27. The molecule has 1 heterocycles. The number of rotatable bonds is 11. The van der Waals surface area contributed by atoms with E-state index in [2.05, 4.69) is 55.6 Å². The van der Waals surface area contributed by atoms with Crippen LogP contribution < -0.4 is 10.6 Å². The van der Waals surface area contributed by atoms with E-state index in [1.165, 1.54) is 17.5 Å². The summed E-state index contributed by atoms with van der Waals surface area (Å²) in [6.07, 6.45) is 4.46. The zero-order valence-electron chi connectivity index (χ0n) is 15.9. The second kappa shape index (κ2) is 11.8. The van der Waals surface area contributed by atoms with Gasteiger partial charge >= 0.3 is 0 Å². The molecule has 0 aliphatic heterocycles. The van der Waals surface area contributed by atoms with E-state index in [0.29, 0.717) is 36.2 Å². The molecule has 2 rings (SSSR count). The van der Waals surface area contributed by atoms with Crippen LogP contribution >= 0.6 is 27.5 Å². The van der Waals surface area contributed by atoms with Crippen LogP contribution in [-0.4, -0.2) is 34.8 Å². The van der Waals surface area contributed by atoms with E-state index >= 15 is 0 Å². The van der Waals surface area contributed by atoms with Gasteiger partial charge in [-0.1, -0.05) is 39.7 Å². The second-order valence-corrected chi connectivity index (χ2v) is 7.82. The minimum absolute atomic E-state index is 0.0291. The topological polar surface area (TPSA) is 93.9 Å². The summed E-state index contributed by atoms with van der Waals surface area (Å²) in [5.41, 5.74) is 2.38. The molecule has 2 aromatic rings. The molecule has 8 heteroatoms. The molecular weight excluding hydrogens is 442 g/mol. The van der Waals surface area contributed by atoms with E-state index in [4.69, 9.17) is 16.9 Å². The molecule has 1 unspecified atom stereocenters. The van der Waals surface area contributed by atoms with Crippen molar-refractivity contribution in [2.75, 3.05) is 30.3 Å². The Hall–Kier alpha value is -1.88. The maximum atomic E-state index is 9.78. The molecule has 0 fully saturated rings. The zero-order chi connectivity index (χ0) is 20.4. The van der Waals surface area contributed by atoms with Gasteiger partial charge in [-0.15, -0.1) is 0 Å². The number of nitrogens with zero attached hydrogens (tertiary/aromatic N) is 3. The molecule has 1 aromatic carbocycles. The van der Waals surface area contributed by atoms with Crippen LogP contribution in [0.2, 0.25) is 5.02 Å². The van der Waals surface area contributed by atoms with E-state index in [9.17, 15) is 5.11 Å². The summed E-state index contributed by atoms with van der Waals surface area (Å²) in [5, 5.41) is 25.2. The summed E-state index contributed by atoms with van der Waals surface area (Å²) in [4.78, 5) is 8.39. The number of hydrogen-bond donors (Lipinski definition) is 3. The Labute approximate surface area is 179 Å². The first-order chi connectivity index (χ1) is 13.6. The van der Waals surface area contributed by atoms with Crippen LogP contribution in [0.1, 0.15) is 30.4 Å². The fraction of sp³-hybridized carbons (Fsp3) is 0.450. The number of nitriles is 1. The van der Waals surface area contributed by atoms with Crippen molar-refractivity contribution in [3.8, 4) is 6.07 Å². The monoisotopic (exact) mass is 465 g/mol. The van der Waals surface area contributed by atoms with Crippen molar-refractivity contribution in [3.63, 3.8) is 0 Å². The molecule has 0 saturated heterocycles. The Kier molecular flexibility index (Phi) is 9.48. The average Bonchev–Trinajstić information content (AvgIpc) is 2.70.